The summed E-state index contributed by atoms with van der Waals surface area (Å²) in [6.07, 6.45) is 4.59. The molecular formula is C24H29NO6S. The van der Waals surface area contributed by atoms with Gasteiger partial charge in [-0.1, -0.05) is 37.1 Å². The lowest BCUT2D eigenvalue weighted by molar-refractivity contribution is -0.144. The van der Waals surface area contributed by atoms with Crippen LogP contribution in [0.25, 0.3) is 0 Å². The second-order valence-corrected chi connectivity index (χ2v) is 9.75. The molecule has 2 aromatic carbocycles. The van der Waals surface area contributed by atoms with Crippen molar-refractivity contribution in [3.05, 3.63) is 65.2 Å². The largest absolute Gasteiger partial charge is 0.465 e. The highest BCUT2D eigenvalue weighted by atomic mass is 32.2. The van der Waals surface area contributed by atoms with Crippen molar-refractivity contribution in [2.45, 2.75) is 50.0 Å². The van der Waals surface area contributed by atoms with Gasteiger partial charge in [-0.25, -0.2) is 13.2 Å². The van der Waals surface area contributed by atoms with E-state index in [2.05, 4.69) is 4.74 Å². The van der Waals surface area contributed by atoms with E-state index in [4.69, 9.17) is 4.74 Å². The monoisotopic (exact) mass is 459 g/mol. The second kappa shape index (κ2) is 11.2. The zero-order chi connectivity index (χ0) is 23.0. The van der Waals surface area contributed by atoms with Crippen molar-refractivity contribution >= 4 is 22.0 Å². The van der Waals surface area contributed by atoms with E-state index in [0.29, 0.717) is 30.0 Å². The molecule has 1 aliphatic heterocycles. The number of rotatable bonds is 8. The molecule has 0 aliphatic carbocycles. The van der Waals surface area contributed by atoms with Crippen molar-refractivity contribution in [1.82, 2.24) is 4.31 Å². The molecule has 0 spiro atoms. The highest BCUT2D eigenvalue weighted by Crippen LogP contribution is 2.21. The fourth-order valence-electron chi connectivity index (χ4n) is 3.60. The van der Waals surface area contributed by atoms with Crippen molar-refractivity contribution < 1.29 is 27.5 Å². The molecule has 8 heteroatoms. The smallest absolute Gasteiger partial charge is 0.337 e. The molecule has 0 aromatic heterocycles. The number of methoxy groups -OCH3 is 1. The number of aryl methyl sites for hydroxylation is 1. The van der Waals surface area contributed by atoms with Crippen LogP contribution in [0.15, 0.2) is 53.4 Å². The predicted octanol–water partition coefficient (Wildman–Crippen LogP) is 3.71. The minimum Gasteiger partial charge on any atom is -0.465 e. The van der Waals surface area contributed by atoms with Crippen LogP contribution in [0.1, 0.15) is 53.6 Å². The van der Waals surface area contributed by atoms with E-state index >= 15 is 0 Å². The Morgan fingerprint density at radius 3 is 2.06 bits per heavy atom. The van der Waals surface area contributed by atoms with Crippen LogP contribution in [-0.2, 0) is 37.3 Å². The zero-order valence-electron chi connectivity index (χ0n) is 18.3. The number of ether oxygens (including phenoxy) is 2. The van der Waals surface area contributed by atoms with Crippen molar-refractivity contribution in [2.24, 2.45) is 0 Å². The van der Waals surface area contributed by atoms with Crippen LogP contribution < -0.4 is 0 Å². The summed E-state index contributed by atoms with van der Waals surface area (Å²) in [6.45, 7) is 1.26. The number of benzene rings is 2. The SMILES string of the molecule is COC(=O)c1ccc(COC(=O)CCc2ccc(S(=O)(=O)N3CCCCCC3)cc2)cc1. The normalized spacial score (nSPS) is 15.0. The summed E-state index contributed by atoms with van der Waals surface area (Å²) >= 11 is 0. The Labute approximate surface area is 189 Å². The molecule has 0 unspecified atom stereocenters. The quantitative estimate of drug-likeness (QED) is 0.559. The van der Waals surface area contributed by atoms with Crippen molar-refractivity contribution in [1.29, 1.82) is 0 Å². The number of hydrogen-bond acceptors (Lipinski definition) is 6. The molecule has 32 heavy (non-hydrogen) atoms. The molecule has 1 aliphatic rings. The van der Waals surface area contributed by atoms with Crippen molar-refractivity contribution in [2.75, 3.05) is 20.2 Å². The Hall–Kier alpha value is -2.71. The van der Waals surface area contributed by atoms with Gasteiger partial charge >= 0.3 is 11.9 Å². The molecule has 0 atom stereocenters. The maximum absolute atomic E-state index is 12.8. The lowest BCUT2D eigenvalue weighted by Crippen LogP contribution is -2.31. The molecule has 3 rings (SSSR count). The first-order valence-corrected chi connectivity index (χ1v) is 12.3. The molecule has 172 valence electrons. The lowest BCUT2D eigenvalue weighted by atomic mass is 10.1. The predicted molar refractivity (Wildman–Crippen MR) is 120 cm³/mol. The van der Waals surface area contributed by atoms with Gasteiger partial charge < -0.3 is 9.47 Å². The summed E-state index contributed by atoms with van der Waals surface area (Å²) in [5.74, 6) is -0.762. The summed E-state index contributed by atoms with van der Waals surface area (Å²) in [7, 11) is -2.15. The van der Waals surface area contributed by atoms with E-state index in [0.717, 1.165) is 36.8 Å². The Balaban J connectivity index is 1.48. The van der Waals surface area contributed by atoms with Gasteiger partial charge in [-0.3, -0.25) is 4.79 Å². The number of hydrogen-bond donors (Lipinski definition) is 0. The number of carbonyl (C=O) groups is 2. The Morgan fingerprint density at radius 1 is 0.875 bits per heavy atom. The van der Waals surface area contributed by atoms with E-state index in [1.807, 2.05) is 0 Å². The van der Waals surface area contributed by atoms with Gasteiger partial charge in [0.25, 0.3) is 0 Å². The van der Waals surface area contributed by atoms with E-state index < -0.39 is 16.0 Å². The van der Waals surface area contributed by atoms with Crippen LogP contribution in [0.5, 0.6) is 0 Å². The molecule has 2 aromatic rings. The zero-order valence-corrected chi connectivity index (χ0v) is 19.1. The number of nitrogens with zero attached hydrogens (tertiary/aromatic N) is 1. The molecular weight excluding hydrogens is 430 g/mol. The Bertz CT molecular complexity index is 1010. The van der Waals surface area contributed by atoms with Crippen LogP contribution >= 0.6 is 0 Å². The van der Waals surface area contributed by atoms with Gasteiger partial charge in [-0.2, -0.15) is 4.31 Å². The highest BCUT2D eigenvalue weighted by molar-refractivity contribution is 7.89. The molecule has 0 saturated carbocycles. The second-order valence-electron chi connectivity index (χ2n) is 7.81. The van der Waals surface area contributed by atoms with E-state index in [1.165, 1.54) is 7.11 Å². The number of carbonyl (C=O) groups excluding carboxylic acids is 2. The van der Waals surface area contributed by atoms with Gasteiger partial charge in [0, 0.05) is 19.5 Å². The van der Waals surface area contributed by atoms with Gasteiger partial charge in [0.15, 0.2) is 0 Å². The summed E-state index contributed by atoms with van der Waals surface area (Å²) in [5.41, 5.74) is 2.08. The molecule has 0 radical (unpaired) electrons. The third-order valence-corrected chi connectivity index (χ3v) is 7.43. The third kappa shape index (κ3) is 6.40. The van der Waals surface area contributed by atoms with Crippen LogP contribution in [0.3, 0.4) is 0 Å². The van der Waals surface area contributed by atoms with Gasteiger partial charge in [0.2, 0.25) is 10.0 Å². The summed E-state index contributed by atoms with van der Waals surface area (Å²) in [6, 6.07) is 13.4. The number of esters is 2. The van der Waals surface area contributed by atoms with Crippen molar-refractivity contribution in [3.63, 3.8) is 0 Å². The fourth-order valence-corrected chi connectivity index (χ4v) is 5.11. The van der Waals surface area contributed by atoms with Crippen LogP contribution in [0.2, 0.25) is 0 Å². The fraction of sp³-hybridized carbons (Fsp3) is 0.417. The van der Waals surface area contributed by atoms with Crippen molar-refractivity contribution in [3.8, 4) is 0 Å². The van der Waals surface area contributed by atoms with Gasteiger partial charge in [-0.15, -0.1) is 0 Å². The lowest BCUT2D eigenvalue weighted by Gasteiger charge is -2.20. The van der Waals surface area contributed by atoms with Crippen LogP contribution in [-0.4, -0.2) is 44.9 Å². The minimum absolute atomic E-state index is 0.118. The topological polar surface area (TPSA) is 90.0 Å². The average Bonchev–Trinajstić information content (AvgIpc) is 3.12. The Morgan fingerprint density at radius 2 is 1.47 bits per heavy atom. The summed E-state index contributed by atoms with van der Waals surface area (Å²) in [4.78, 5) is 23.8. The summed E-state index contributed by atoms with van der Waals surface area (Å²) < 4.78 is 37.2. The van der Waals surface area contributed by atoms with Gasteiger partial charge in [0.1, 0.15) is 6.61 Å². The van der Waals surface area contributed by atoms with E-state index in [1.54, 1.807) is 52.8 Å². The molecule has 0 amide bonds. The average molecular weight is 460 g/mol. The third-order valence-electron chi connectivity index (χ3n) is 5.52. The minimum atomic E-state index is -3.47. The van der Waals surface area contributed by atoms with E-state index in [9.17, 15) is 18.0 Å². The molecule has 7 nitrogen and oxygen atoms in total. The molecule has 0 N–H and O–H groups in total. The van der Waals surface area contributed by atoms with Gasteiger partial charge in [0.05, 0.1) is 17.6 Å². The maximum Gasteiger partial charge on any atom is 0.337 e. The standard InChI is InChI=1S/C24H29NO6S/c1-30-24(27)21-11-6-20(7-12-21)18-31-23(26)15-10-19-8-13-22(14-9-19)32(28,29)25-16-4-2-3-5-17-25/h6-9,11-14H,2-5,10,15-18H2,1H3. The Kier molecular flexibility index (Phi) is 8.41. The number of sulfonamides is 1. The van der Waals surface area contributed by atoms with Gasteiger partial charge in [-0.05, 0) is 54.7 Å². The summed E-state index contributed by atoms with van der Waals surface area (Å²) in [5, 5.41) is 0. The first kappa shape index (κ1) is 23.9. The molecule has 1 heterocycles. The first-order chi connectivity index (χ1) is 15.4. The first-order valence-electron chi connectivity index (χ1n) is 10.8. The molecule has 1 saturated heterocycles. The maximum atomic E-state index is 12.8. The van der Waals surface area contributed by atoms with Crippen LogP contribution in [0.4, 0.5) is 0 Å². The molecule has 0 bridgehead atoms. The van der Waals surface area contributed by atoms with Crippen LogP contribution in [0, 0.1) is 0 Å². The molecule has 1 fully saturated rings. The highest BCUT2D eigenvalue weighted by Gasteiger charge is 2.24. The van der Waals surface area contributed by atoms with E-state index in [-0.39, 0.29) is 19.0 Å².